The highest BCUT2D eigenvalue weighted by Gasteiger charge is 2.08. The first-order chi connectivity index (χ1) is 12.4. The Morgan fingerprint density at radius 2 is 1.35 bits per heavy atom. The van der Waals surface area contributed by atoms with E-state index < -0.39 is 0 Å². The SMILES string of the molecule is Cc1ccc(NC(=O)NCCCN(C)C(=O)Nc2ccc(C)cc2)cc1. The summed E-state index contributed by atoms with van der Waals surface area (Å²) < 4.78 is 0. The van der Waals surface area contributed by atoms with E-state index in [9.17, 15) is 9.59 Å². The maximum Gasteiger partial charge on any atom is 0.321 e. The number of aryl methyl sites for hydroxylation is 2. The lowest BCUT2D eigenvalue weighted by molar-refractivity contribution is 0.221. The van der Waals surface area contributed by atoms with Crippen molar-refractivity contribution in [3.63, 3.8) is 0 Å². The van der Waals surface area contributed by atoms with E-state index in [2.05, 4.69) is 16.0 Å². The number of carbonyl (C=O) groups excluding carboxylic acids is 2. The maximum absolute atomic E-state index is 12.1. The second kappa shape index (κ2) is 9.46. The van der Waals surface area contributed by atoms with Crippen molar-refractivity contribution in [1.29, 1.82) is 0 Å². The quantitative estimate of drug-likeness (QED) is 0.687. The van der Waals surface area contributed by atoms with Crippen LogP contribution in [-0.4, -0.2) is 37.1 Å². The van der Waals surface area contributed by atoms with Gasteiger partial charge in [0.15, 0.2) is 0 Å². The fourth-order valence-electron chi connectivity index (χ4n) is 2.29. The number of amides is 4. The molecule has 0 atom stereocenters. The second-order valence-electron chi connectivity index (χ2n) is 6.32. The van der Waals surface area contributed by atoms with Crippen LogP contribution in [0, 0.1) is 13.8 Å². The van der Waals surface area contributed by atoms with Crippen LogP contribution in [0.2, 0.25) is 0 Å². The second-order valence-corrected chi connectivity index (χ2v) is 6.32. The molecule has 0 unspecified atom stereocenters. The van der Waals surface area contributed by atoms with Crippen LogP contribution < -0.4 is 16.0 Å². The van der Waals surface area contributed by atoms with E-state index >= 15 is 0 Å². The third kappa shape index (κ3) is 6.47. The molecule has 0 saturated heterocycles. The topological polar surface area (TPSA) is 73.5 Å². The molecule has 6 nitrogen and oxygen atoms in total. The first-order valence-electron chi connectivity index (χ1n) is 8.64. The first kappa shape index (κ1) is 19.3. The number of hydrogen-bond donors (Lipinski definition) is 3. The van der Waals surface area contributed by atoms with Gasteiger partial charge >= 0.3 is 12.1 Å². The summed E-state index contributed by atoms with van der Waals surface area (Å²) in [4.78, 5) is 25.5. The predicted octanol–water partition coefficient (Wildman–Crippen LogP) is 3.98. The molecular formula is C20H26N4O2. The van der Waals surface area contributed by atoms with Gasteiger partial charge in [-0.15, -0.1) is 0 Å². The largest absolute Gasteiger partial charge is 0.338 e. The van der Waals surface area contributed by atoms with Gasteiger partial charge in [0.25, 0.3) is 0 Å². The Bertz CT molecular complexity index is 726. The van der Waals surface area contributed by atoms with E-state index in [0.717, 1.165) is 22.5 Å². The Hall–Kier alpha value is -3.02. The molecule has 2 aromatic carbocycles. The fourth-order valence-corrected chi connectivity index (χ4v) is 2.29. The van der Waals surface area contributed by atoms with Crippen LogP contribution in [0.4, 0.5) is 21.0 Å². The van der Waals surface area contributed by atoms with Gasteiger partial charge in [0.05, 0.1) is 0 Å². The summed E-state index contributed by atoms with van der Waals surface area (Å²) >= 11 is 0. The van der Waals surface area contributed by atoms with Gasteiger partial charge in [0.1, 0.15) is 0 Å². The summed E-state index contributed by atoms with van der Waals surface area (Å²) in [5.74, 6) is 0. The molecule has 0 aliphatic rings. The molecule has 6 heteroatoms. The lowest BCUT2D eigenvalue weighted by Gasteiger charge is -2.18. The zero-order chi connectivity index (χ0) is 18.9. The monoisotopic (exact) mass is 354 g/mol. The molecule has 2 rings (SSSR count). The molecule has 4 amide bonds. The number of benzene rings is 2. The van der Waals surface area contributed by atoms with Crippen molar-refractivity contribution >= 4 is 23.4 Å². The number of nitrogens with zero attached hydrogens (tertiary/aromatic N) is 1. The summed E-state index contributed by atoms with van der Waals surface area (Å²) in [6.07, 6.45) is 0.666. The van der Waals surface area contributed by atoms with Crippen LogP contribution in [0.25, 0.3) is 0 Å². The molecule has 0 radical (unpaired) electrons. The van der Waals surface area contributed by atoms with Crippen molar-refractivity contribution in [2.75, 3.05) is 30.8 Å². The van der Waals surface area contributed by atoms with Crippen molar-refractivity contribution in [1.82, 2.24) is 10.2 Å². The normalized spacial score (nSPS) is 10.1. The Balaban J connectivity index is 1.65. The van der Waals surface area contributed by atoms with Crippen LogP contribution in [0.15, 0.2) is 48.5 Å². The van der Waals surface area contributed by atoms with Crippen molar-refractivity contribution < 1.29 is 9.59 Å². The molecule has 0 aliphatic carbocycles. The van der Waals surface area contributed by atoms with Crippen molar-refractivity contribution in [3.8, 4) is 0 Å². The van der Waals surface area contributed by atoms with Crippen LogP contribution >= 0.6 is 0 Å². The Labute approximate surface area is 154 Å². The van der Waals surface area contributed by atoms with Crippen molar-refractivity contribution in [3.05, 3.63) is 59.7 Å². The molecule has 0 saturated carbocycles. The third-order valence-electron chi connectivity index (χ3n) is 3.91. The lowest BCUT2D eigenvalue weighted by Crippen LogP contribution is -2.35. The van der Waals surface area contributed by atoms with Gasteiger partial charge in [0, 0.05) is 31.5 Å². The smallest absolute Gasteiger partial charge is 0.321 e. The lowest BCUT2D eigenvalue weighted by atomic mass is 10.2. The zero-order valence-electron chi connectivity index (χ0n) is 15.5. The zero-order valence-corrected chi connectivity index (χ0v) is 15.5. The molecule has 0 spiro atoms. The number of hydrogen-bond acceptors (Lipinski definition) is 2. The number of rotatable bonds is 6. The van der Waals surface area contributed by atoms with Crippen molar-refractivity contribution in [2.24, 2.45) is 0 Å². The van der Waals surface area contributed by atoms with Gasteiger partial charge < -0.3 is 20.9 Å². The summed E-state index contributed by atoms with van der Waals surface area (Å²) in [6, 6.07) is 14.8. The maximum atomic E-state index is 12.1. The van der Waals surface area contributed by atoms with E-state index in [0.29, 0.717) is 19.5 Å². The predicted molar refractivity (Wildman–Crippen MR) is 106 cm³/mol. The summed E-state index contributed by atoms with van der Waals surface area (Å²) in [5, 5.41) is 8.40. The average Bonchev–Trinajstić information content (AvgIpc) is 2.62. The molecule has 2 aromatic rings. The molecule has 0 bridgehead atoms. The van der Waals surface area contributed by atoms with E-state index in [4.69, 9.17) is 0 Å². The highest BCUT2D eigenvalue weighted by atomic mass is 16.2. The van der Waals surface area contributed by atoms with Crippen LogP contribution in [0.1, 0.15) is 17.5 Å². The summed E-state index contributed by atoms with van der Waals surface area (Å²) in [5.41, 5.74) is 3.81. The molecule has 0 aromatic heterocycles. The minimum atomic E-state index is -0.249. The van der Waals surface area contributed by atoms with Crippen molar-refractivity contribution in [2.45, 2.75) is 20.3 Å². The molecule has 138 valence electrons. The van der Waals surface area contributed by atoms with Gasteiger partial charge in [-0.3, -0.25) is 0 Å². The standard InChI is InChI=1S/C20H26N4O2/c1-15-5-9-17(10-6-15)22-19(25)21-13-4-14-24(3)20(26)23-18-11-7-16(2)8-12-18/h5-12H,4,13-14H2,1-3H3,(H,23,26)(H2,21,22,25). The molecule has 0 aliphatic heterocycles. The minimum Gasteiger partial charge on any atom is -0.338 e. The van der Waals surface area contributed by atoms with Crippen LogP contribution in [-0.2, 0) is 0 Å². The van der Waals surface area contributed by atoms with E-state index in [-0.39, 0.29) is 12.1 Å². The average molecular weight is 354 g/mol. The fraction of sp³-hybridized carbons (Fsp3) is 0.300. The molecule has 0 fully saturated rings. The molecule has 26 heavy (non-hydrogen) atoms. The Morgan fingerprint density at radius 1 is 0.846 bits per heavy atom. The first-order valence-corrected chi connectivity index (χ1v) is 8.64. The van der Waals surface area contributed by atoms with E-state index in [1.807, 2.05) is 62.4 Å². The number of anilines is 2. The number of nitrogens with one attached hydrogen (secondary N) is 3. The van der Waals surface area contributed by atoms with Gasteiger partial charge in [-0.1, -0.05) is 35.4 Å². The highest BCUT2D eigenvalue weighted by Crippen LogP contribution is 2.09. The number of urea groups is 2. The van der Waals surface area contributed by atoms with E-state index in [1.165, 1.54) is 0 Å². The molecule has 3 N–H and O–H groups in total. The Kier molecular flexibility index (Phi) is 7.02. The Morgan fingerprint density at radius 3 is 1.88 bits per heavy atom. The highest BCUT2D eigenvalue weighted by molar-refractivity contribution is 5.89. The number of carbonyl (C=O) groups is 2. The van der Waals surface area contributed by atoms with Gasteiger partial charge in [-0.2, -0.15) is 0 Å². The van der Waals surface area contributed by atoms with Crippen LogP contribution in [0.3, 0.4) is 0 Å². The minimum absolute atomic E-state index is 0.169. The third-order valence-corrected chi connectivity index (χ3v) is 3.91. The summed E-state index contributed by atoms with van der Waals surface area (Å²) in [6.45, 7) is 5.03. The van der Waals surface area contributed by atoms with E-state index in [1.54, 1.807) is 11.9 Å². The summed E-state index contributed by atoms with van der Waals surface area (Å²) in [7, 11) is 1.73. The molecule has 0 heterocycles. The van der Waals surface area contributed by atoms with Crippen LogP contribution in [0.5, 0.6) is 0 Å². The molecular weight excluding hydrogens is 328 g/mol. The van der Waals surface area contributed by atoms with Gasteiger partial charge in [-0.25, -0.2) is 9.59 Å². The van der Waals surface area contributed by atoms with Gasteiger partial charge in [-0.05, 0) is 44.5 Å². The van der Waals surface area contributed by atoms with Gasteiger partial charge in [0.2, 0.25) is 0 Å².